The minimum atomic E-state index is -0.516. The minimum Gasteiger partial charge on any atom is -0.492 e. The Bertz CT molecular complexity index is 578. The normalized spacial score (nSPS) is 9.68. The van der Waals surface area contributed by atoms with Gasteiger partial charge < -0.3 is 10.1 Å². The number of anilines is 1. The second-order valence-electron chi connectivity index (χ2n) is 3.76. The number of ether oxygens (including phenoxy) is 1. The van der Waals surface area contributed by atoms with Gasteiger partial charge in [-0.1, -0.05) is 6.07 Å². The summed E-state index contributed by atoms with van der Waals surface area (Å²) in [7, 11) is 0. The summed E-state index contributed by atoms with van der Waals surface area (Å²) in [6, 6.07) is 13.5. The molecule has 4 nitrogen and oxygen atoms in total. The van der Waals surface area contributed by atoms with Gasteiger partial charge in [0.1, 0.15) is 18.2 Å². The van der Waals surface area contributed by atoms with E-state index >= 15 is 0 Å². The van der Waals surface area contributed by atoms with Crippen molar-refractivity contribution in [2.24, 2.45) is 0 Å². The predicted molar refractivity (Wildman–Crippen MR) is 69.3 cm³/mol. The quantitative estimate of drug-likeness (QED) is 0.660. The third-order valence-electron chi connectivity index (χ3n) is 2.38. The van der Waals surface area contributed by atoms with Gasteiger partial charge in [-0.3, -0.25) is 0 Å². The highest BCUT2D eigenvalue weighted by Crippen LogP contribution is 2.11. The minimum absolute atomic E-state index is 0.421. The molecular weight excluding hydrogens is 245 g/mol. The fourth-order valence-corrected chi connectivity index (χ4v) is 1.48. The lowest BCUT2D eigenvalue weighted by Crippen LogP contribution is -2.12. The van der Waals surface area contributed by atoms with Gasteiger partial charge in [0.2, 0.25) is 5.95 Å². The van der Waals surface area contributed by atoms with Crippen LogP contribution in [0.25, 0.3) is 0 Å². The van der Waals surface area contributed by atoms with Crippen molar-refractivity contribution in [2.45, 2.75) is 0 Å². The maximum absolute atomic E-state index is 12.8. The number of nitrogens with zero attached hydrogens (tertiary/aromatic N) is 2. The van der Waals surface area contributed by atoms with Crippen LogP contribution in [-0.2, 0) is 0 Å². The van der Waals surface area contributed by atoms with Crippen LogP contribution in [0.5, 0.6) is 5.75 Å². The van der Waals surface area contributed by atoms with Crippen molar-refractivity contribution in [1.82, 2.24) is 4.98 Å². The molecule has 0 radical (unpaired) electrons. The van der Waals surface area contributed by atoms with Gasteiger partial charge in [0.25, 0.3) is 0 Å². The zero-order chi connectivity index (χ0) is 13.5. The molecule has 0 amide bonds. The Morgan fingerprint density at radius 1 is 1.21 bits per heavy atom. The highest BCUT2D eigenvalue weighted by Gasteiger charge is 1.97. The summed E-state index contributed by atoms with van der Waals surface area (Å²) in [6.45, 7) is 0.931. The monoisotopic (exact) mass is 257 g/mol. The molecule has 0 aliphatic rings. The molecular formula is C14H12FN3O. The van der Waals surface area contributed by atoms with Gasteiger partial charge in [-0.05, 0) is 36.4 Å². The first-order chi connectivity index (χ1) is 9.28. The molecule has 96 valence electrons. The zero-order valence-electron chi connectivity index (χ0n) is 10.1. The Balaban J connectivity index is 1.76. The Morgan fingerprint density at radius 3 is 2.68 bits per heavy atom. The van der Waals surface area contributed by atoms with Crippen molar-refractivity contribution in [3.05, 3.63) is 54.0 Å². The fourth-order valence-electron chi connectivity index (χ4n) is 1.48. The Hall–Kier alpha value is -2.61. The van der Waals surface area contributed by atoms with Crippen molar-refractivity contribution in [3.63, 3.8) is 0 Å². The number of nitrogens with one attached hydrogen (secondary N) is 1. The van der Waals surface area contributed by atoms with Crippen molar-refractivity contribution in [2.75, 3.05) is 18.5 Å². The zero-order valence-corrected chi connectivity index (χ0v) is 10.1. The fraction of sp³-hybridized carbons (Fsp3) is 0.143. The van der Waals surface area contributed by atoms with Crippen LogP contribution >= 0.6 is 0 Å². The first kappa shape index (κ1) is 12.8. The van der Waals surface area contributed by atoms with Gasteiger partial charge in [-0.25, -0.2) is 4.98 Å². The van der Waals surface area contributed by atoms with Crippen LogP contribution in [-0.4, -0.2) is 18.1 Å². The SMILES string of the molecule is N#Cc1ccc(OCCNc2cccc(F)n2)cc1. The average Bonchev–Trinajstić information content (AvgIpc) is 2.44. The smallest absolute Gasteiger partial charge is 0.214 e. The van der Waals surface area contributed by atoms with Gasteiger partial charge in [0.05, 0.1) is 18.2 Å². The number of pyridine rings is 1. The van der Waals surface area contributed by atoms with Crippen LogP contribution in [0.2, 0.25) is 0 Å². The molecule has 0 saturated heterocycles. The van der Waals surface area contributed by atoms with Crippen molar-refractivity contribution in [1.29, 1.82) is 5.26 Å². The van der Waals surface area contributed by atoms with E-state index < -0.39 is 5.95 Å². The Morgan fingerprint density at radius 2 is 2.00 bits per heavy atom. The second-order valence-corrected chi connectivity index (χ2v) is 3.76. The lowest BCUT2D eigenvalue weighted by molar-refractivity contribution is 0.332. The van der Waals surface area contributed by atoms with E-state index in [4.69, 9.17) is 10.00 Å². The summed E-state index contributed by atoms with van der Waals surface area (Å²) in [5, 5.41) is 11.6. The van der Waals surface area contributed by atoms with Crippen LogP contribution in [0, 0.1) is 17.3 Å². The molecule has 0 spiro atoms. The van der Waals surface area contributed by atoms with Gasteiger partial charge in [0.15, 0.2) is 0 Å². The van der Waals surface area contributed by atoms with Crippen LogP contribution in [0.15, 0.2) is 42.5 Å². The summed E-state index contributed by atoms with van der Waals surface area (Å²) in [4.78, 5) is 3.67. The third kappa shape index (κ3) is 3.96. The molecule has 1 aromatic carbocycles. The molecule has 2 aromatic rings. The summed E-state index contributed by atoms with van der Waals surface area (Å²) in [6.07, 6.45) is 0. The molecule has 0 atom stereocenters. The van der Waals surface area contributed by atoms with E-state index in [1.807, 2.05) is 6.07 Å². The molecule has 0 aliphatic heterocycles. The number of rotatable bonds is 5. The highest BCUT2D eigenvalue weighted by molar-refractivity contribution is 5.35. The maximum Gasteiger partial charge on any atom is 0.214 e. The van der Waals surface area contributed by atoms with Gasteiger partial charge in [0, 0.05) is 0 Å². The lowest BCUT2D eigenvalue weighted by Gasteiger charge is -2.07. The van der Waals surface area contributed by atoms with Crippen LogP contribution in [0.3, 0.4) is 0 Å². The summed E-state index contributed by atoms with van der Waals surface area (Å²) < 4.78 is 18.3. The number of nitriles is 1. The van der Waals surface area contributed by atoms with E-state index in [0.29, 0.717) is 30.3 Å². The molecule has 0 unspecified atom stereocenters. The van der Waals surface area contributed by atoms with Gasteiger partial charge >= 0.3 is 0 Å². The molecule has 0 saturated carbocycles. The van der Waals surface area contributed by atoms with Crippen LogP contribution in [0.4, 0.5) is 10.2 Å². The number of hydrogen-bond acceptors (Lipinski definition) is 4. The number of aromatic nitrogens is 1. The number of hydrogen-bond donors (Lipinski definition) is 1. The van der Waals surface area contributed by atoms with Crippen LogP contribution < -0.4 is 10.1 Å². The molecule has 1 heterocycles. The largest absolute Gasteiger partial charge is 0.492 e. The highest BCUT2D eigenvalue weighted by atomic mass is 19.1. The average molecular weight is 257 g/mol. The van der Waals surface area contributed by atoms with E-state index in [-0.39, 0.29) is 0 Å². The standard InChI is InChI=1S/C14H12FN3O/c15-13-2-1-3-14(18-13)17-8-9-19-12-6-4-11(10-16)5-7-12/h1-7H,8-9H2,(H,17,18). The summed E-state index contributed by atoms with van der Waals surface area (Å²) in [5.74, 6) is 0.648. The topological polar surface area (TPSA) is 57.9 Å². The molecule has 19 heavy (non-hydrogen) atoms. The summed E-state index contributed by atoms with van der Waals surface area (Å²) in [5.41, 5.74) is 0.592. The summed E-state index contributed by atoms with van der Waals surface area (Å²) >= 11 is 0. The van der Waals surface area contributed by atoms with Crippen molar-refractivity contribution in [3.8, 4) is 11.8 Å². The van der Waals surface area contributed by atoms with Gasteiger partial charge in [-0.2, -0.15) is 9.65 Å². The van der Waals surface area contributed by atoms with Crippen molar-refractivity contribution >= 4 is 5.82 Å². The van der Waals surface area contributed by atoms with E-state index in [0.717, 1.165) is 0 Å². The Kier molecular flexibility index (Phi) is 4.29. The molecule has 0 aliphatic carbocycles. The molecule has 0 bridgehead atoms. The molecule has 2 rings (SSSR count). The van der Waals surface area contributed by atoms with Gasteiger partial charge in [-0.15, -0.1) is 0 Å². The third-order valence-corrected chi connectivity index (χ3v) is 2.38. The number of halogens is 1. The predicted octanol–water partition coefficient (Wildman–Crippen LogP) is 2.58. The first-order valence-corrected chi connectivity index (χ1v) is 5.77. The van der Waals surface area contributed by atoms with E-state index in [1.165, 1.54) is 6.07 Å². The van der Waals surface area contributed by atoms with E-state index in [2.05, 4.69) is 10.3 Å². The first-order valence-electron chi connectivity index (χ1n) is 5.77. The Labute approximate surface area is 110 Å². The lowest BCUT2D eigenvalue weighted by atomic mass is 10.2. The number of benzene rings is 1. The second kappa shape index (κ2) is 6.36. The molecule has 1 aromatic heterocycles. The molecule has 5 heteroatoms. The maximum atomic E-state index is 12.8. The molecule has 0 fully saturated rings. The molecule has 1 N–H and O–H groups in total. The van der Waals surface area contributed by atoms with E-state index in [9.17, 15) is 4.39 Å². The van der Waals surface area contributed by atoms with Crippen LogP contribution in [0.1, 0.15) is 5.56 Å². The van der Waals surface area contributed by atoms with Crippen molar-refractivity contribution < 1.29 is 9.13 Å². The van der Waals surface area contributed by atoms with E-state index in [1.54, 1.807) is 36.4 Å².